The van der Waals surface area contributed by atoms with Crippen LogP contribution in [0.2, 0.25) is 10.2 Å². The fourth-order valence-corrected chi connectivity index (χ4v) is 3.64. The van der Waals surface area contributed by atoms with Gasteiger partial charge in [-0.3, -0.25) is 4.99 Å². The van der Waals surface area contributed by atoms with Gasteiger partial charge in [0.2, 0.25) is 0 Å². The van der Waals surface area contributed by atoms with Crippen molar-refractivity contribution in [2.75, 3.05) is 29.9 Å². The van der Waals surface area contributed by atoms with Crippen molar-refractivity contribution >= 4 is 40.5 Å². The second-order valence-electron chi connectivity index (χ2n) is 7.28. The zero-order valence-electron chi connectivity index (χ0n) is 15.0. The molecule has 0 aromatic carbocycles. The Morgan fingerprint density at radius 1 is 1.26 bits per heavy atom. The maximum Gasteiger partial charge on any atom is 0.154 e. The second-order valence-corrected chi connectivity index (χ2v) is 8.01. The molecule has 0 atom stereocenters. The van der Waals surface area contributed by atoms with Crippen LogP contribution in [0.4, 0.5) is 11.5 Å². The van der Waals surface area contributed by atoms with E-state index in [1.165, 1.54) is 0 Å². The van der Waals surface area contributed by atoms with Gasteiger partial charge in [0, 0.05) is 19.3 Å². The molecule has 0 bridgehead atoms. The molecule has 1 fully saturated rings. The average Bonchev–Trinajstić information content (AvgIpc) is 3.08. The Kier molecular flexibility index (Phi) is 4.92. The van der Waals surface area contributed by atoms with Crippen LogP contribution in [-0.2, 0) is 6.54 Å². The van der Waals surface area contributed by atoms with E-state index in [2.05, 4.69) is 32.1 Å². The molecule has 0 saturated carbocycles. The van der Waals surface area contributed by atoms with Crippen LogP contribution in [0.1, 0.15) is 31.2 Å². The third-order valence-corrected chi connectivity index (χ3v) is 6.10. The SMILES string of the molecule is CC1(CN)CCN(c2cnc3c(n2)CN=C3Nc2ccnc(Cl)c2Cl)CC1. The monoisotopic (exact) mass is 405 g/mol. The van der Waals surface area contributed by atoms with Gasteiger partial charge in [-0.2, -0.15) is 0 Å². The first-order chi connectivity index (χ1) is 13.0. The third kappa shape index (κ3) is 3.59. The van der Waals surface area contributed by atoms with E-state index in [0.29, 0.717) is 23.1 Å². The molecule has 7 nitrogen and oxygen atoms in total. The minimum atomic E-state index is 0.228. The number of nitrogens with two attached hydrogens (primary N) is 1. The summed E-state index contributed by atoms with van der Waals surface area (Å²) in [4.78, 5) is 20.1. The maximum atomic E-state index is 6.20. The lowest BCUT2D eigenvalue weighted by Gasteiger charge is -2.39. The largest absolute Gasteiger partial charge is 0.355 e. The van der Waals surface area contributed by atoms with Crippen molar-refractivity contribution < 1.29 is 0 Å². The van der Waals surface area contributed by atoms with Gasteiger partial charge in [0.1, 0.15) is 21.7 Å². The van der Waals surface area contributed by atoms with Crippen molar-refractivity contribution in [3.05, 3.63) is 40.0 Å². The lowest BCUT2D eigenvalue weighted by molar-refractivity contribution is 0.258. The number of pyridine rings is 1. The van der Waals surface area contributed by atoms with E-state index >= 15 is 0 Å². The van der Waals surface area contributed by atoms with Crippen LogP contribution < -0.4 is 16.0 Å². The number of hydrogen-bond donors (Lipinski definition) is 2. The number of nitrogens with one attached hydrogen (secondary N) is 1. The topological polar surface area (TPSA) is 92.3 Å². The van der Waals surface area contributed by atoms with Gasteiger partial charge in [0.05, 0.1) is 24.1 Å². The molecule has 2 aliphatic rings. The fourth-order valence-electron chi connectivity index (χ4n) is 3.33. The van der Waals surface area contributed by atoms with Crippen molar-refractivity contribution in [2.24, 2.45) is 16.1 Å². The molecule has 0 aliphatic carbocycles. The Balaban J connectivity index is 1.50. The lowest BCUT2D eigenvalue weighted by atomic mass is 9.80. The molecule has 2 aromatic rings. The van der Waals surface area contributed by atoms with Crippen LogP contribution in [0.3, 0.4) is 0 Å². The number of fused-ring (bicyclic) bond motifs is 1. The highest BCUT2D eigenvalue weighted by molar-refractivity contribution is 6.43. The summed E-state index contributed by atoms with van der Waals surface area (Å²) in [5.74, 6) is 1.54. The summed E-state index contributed by atoms with van der Waals surface area (Å²) < 4.78 is 0. The molecule has 1 saturated heterocycles. The zero-order chi connectivity index (χ0) is 19.0. The number of nitrogens with zero attached hydrogens (tertiary/aromatic N) is 5. The Labute approximate surface area is 168 Å². The molecule has 9 heteroatoms. The summed E-state index contributed by atoms with van der Waals surface area (Å²) in [5.41, 5.74) is 8.38. The number of halogens is 2. The van der Waals surface area contributed by atoms with Gasteiger partial charge >= 0.3 is 0 Å². The first-order valence-electron chi connectivity index (χ1n) is 8.92. The minimum absolute atomic E-state index is 0.228. The molecule has 4 heterocycles. The van der Waals surface area contributed by atoms with E-state index in [9.17, 15) is 0 Å². The van der Waals surface area contributed by atoms with Crippen molar-refractivity contribution in [1.82, 2.24) is 15.0 Å². The summed E-state index contributed by atoms with van der Waals surface area (Å²) in [7, 11) is 0. The molecule has 4 rings (SSSR count). The highest BCUT2D eigenvalue weighted by atomic mass is 35.5. The quantitative estimate of drug-likeness (QED) is 0.761. The fraction of sp³-hybridized carbons (Fsp3) is 0.444. The first kappa shape index (κ1) is 18.4. The second kappa shape index (κ2) is 7.22. The average molecular weight is 406 g/mol. The molecular weight excluding hydrogens is 385 g/mol. The smallest absolute Gasteiger partial charge is 0.154 e. The molecule has 0 unspecified atom stereocenters. The maximum absolute atomic E-state index is 6.20. The van der Waals surface area contributed by atoms with Crippen LogP contribution in [-0.4, -0.2) is 40.4 Å². The molecule has 142 valence electrons. The van der Waals surface area contributed by atoms with Crippen molar-refractivity contribution in [1.29, 1.82) is 0 Å². The predicted molar refractivity (Wildman–Crippen MR) is 109 cm³/mol. The van der Waals surface area contributed by atoms with E-state index in [1.54, 1.807) is 12.3 Å². The third-order valence-electron chi connectivity index (χ3n) is 5.33. The van der Waals surface area contributed by atoms with E-state index in [-0.39, 0.29) is 10.6 Å². The van der Waals surface area contributed by atoms with Gasteiger partial charge in [0.25, 0.3) is 0 Å². The van der Waals surface area contributed by atoms with Gasteiger partial charge in [-0.15, -0.1) is 0 Å². The Hall–Kier alpha value is -1.96. The molecule has 2 aliphatic heterocycles. The summed E-state index contributed by atoms with van der Waals surface area (Å²) >= 11 is 12.2. The number of anilines is 2. The molecule has 0 spiro atoms. The van der Waals surface area contributed by atoms with Crippen LogP contribution in [0.5, 0.6) is 0 Å². The van der Waals surface area contributed by atoms with Gasteiger partial charge in [-0.05, 0) is 30.9 Å². The van der Waals surface area contributed by atoms with Gasteiger partial charge in [0.15, 0.2) is 5.84 Å². The van der Waals surface area contributed by atoms with Crippen LogP contribution in [0, 0.1) is 5.41 Å². The molecule has 27 heavy (non-hydrogen) atoms. The predicted octanol–water partition coefficient (Wildman–Crippen LogP) is 3.12. The Morgan fingerprint density at radius 3 is 2.78 bits per heavy atom. The summed E-state index contributed by atoms with van der Waals surface area (Å²) in [6.45, 7) is 5.35. The standard InChI is InChI=1S/C18H21Cl2N7/c1-18(10-21)3-6-27(7-4-18)13-9-23-15-12(25-13)8-24-17(15)26-11-2-5-22-16(20)14(11)19/h2,5,9H,3-4,6-8,10,21H2,1H3,(H,22,24,26). The Morgan fingerprint density at radius 2 is 2.04 bits per heavy atom. The summed E-state index contributed by atoms with van der Waals surface area (Å²) in [5, 5.41) is 3.79. The highest BCUT2D eigenvalue weighted by Crippen LogP contribution is 2.32. The van der Waals surface area contributed by atoms with Crippen molar-refractivity contribution in [2.45, 2.75) is 26.3 Å². The molecule has 3 N–H and O–H groups in total. The van der Waals surface area contributed by atoms with Crippen LogP contribution in [0.15, 0.2) is 23.5 Å². The number of amidine groups is 1. The number of piperidine rings is 1. The molecule has 0 amide bonds. The van der Waals surface area contributed by atoms with E-state index in [1.807, 2.05) is 6.20 Å². The number of aliphatic imine (C=N–C) groups is 1. The molecule has 2 aromatic heterocycles. The van der Waals surface area contributed by atoms with E-state index in [4.69, 9.17) is 33.9 Å². The summed E-state index contributed by atoms with van der Waals surface area (Å²) in [6, 6.07) is 1.75. The van der Waals surface area contributed by atoms with Gasteiger partial charge in [-0.1, -0.05) is 30.1 Å². The van der Waals surface area contributed by atoms with Gasteiger partial charge < -0.3 is 16.0 Å². The molecular formula is C18H21Cl2N7. The zero-order valence-corrected chi connectivity index (χ0v) is 16.6. The number of rotatable bonds is 3. The highest BCUT2D eigenvalue weighted by Gasteiger charge is 2.30. The molecule has 0 radical (unpaired) electrons. The van der Waals surface area contributed by atoms with E-state index in [0.717, 1.165) is 49.7 Å². The van der Waals surface area contributed by atoms with Crippen LogP contribution >= 0.6 is 23.2 Å². The van der Waals surface area contributed by atoms with Gasteiger partial charge in [-0.25, -0.2) is 15.0 Å². The van der Waals surface area contributed by atoms with Crippen molar-refractivity contribution in [3.8, 4) is 0 Å². The summed E-state index contributed by atoms with van der Waals surface area (Å²) in [6.07, 6.45) is 5.53. The first-order valence-corrected chi connectivity index (χ1v) is 9.67. The lowest BCUT2D eigenvalue weighted by Crippen LogP contribution is -2.42. The minimum Gasteiger partial charge on any atom is -0.355 e. The van der Waals surface area contributed by atoms with Crippen molar-refractivity contribution in [3.63, 3.8) is 0 Å². The number of hydrogen-bond acceptors (Lipinski definition) is 7. The van der Waals surface area contributed by atoms with E-state index < -0.39 is 0 Å². The number of aromatic nitrogens is 3. The Bertz CT molecular complexity index is 891. The van der Waals surface area contributed by atoms with Crippen LogP contribution in [0.25, 0.3) is 0 Å². The normalized spacial score (nSPS) is 18.2.